The van der Waals surface area contributed by atoms with E-state index in [0.29, 0.717) is 16.9 Å². The van der Waals surface area contributed by atoms with E-state index in [0.717, 1.165) is 5.69 Å². The monoisotopic (exact) mass is 367 g/mol. The number of amides is 2. The van der Waals surface area contributed by atoms with Crippen LogP contribution in [0.5, 0.6) is 0 Å². The lowest BCUT2D eigenvalue weighted by molar-refractivity contribution is -0.124. The molecule has 0 unspecified atom stereocenters. The van der Waals surface area contributed by atoms with Gasteiger partial charge in [0.05, 0.1) is 24.0 Å². The van der Waals surface area contributed by atoms with E-state index in [1.54, 1.807) is 44.2 Å². The smallest absolute Gasteiger partial charge is 0.337 e. The molecule has 2 aromatic rings. The molecule has 27 heavy (non-hydrogen) atoms. The van der Waals surface area contributed by atoms with Gasteiger partial charge in [-0.25, -0.2) is 4.79 Å². The first-order valence-electron chi connectivity index (χ1n) is 8.49. The van der Waals surface area contributed by atoms with Gasteiger partial charge in [-0.05, 0) is 50.2 Å². The van der Waals surface area contributed by atoms with Gasteiger partial charge in [-0.3, -0.25) is 14.5 Å². The molecule has 2 aromatic carbocycles. The Morgan fingerprint density at radius 1 is 1.11 bits per heavy atom. The maximum Gasteiger partial charge on any atom is 0.337 e. The molecule has 3 rings (SSSR count). The molecule has 0 bridgehead atoms. The topological polar surface area (TPSA) is 87.7 Å². The molecule has 0 aliphatic carbocycles. The number of carbonyl (C=O) groups is 3. The molecular weight excluding hydrogens is 346 g/mol. The highest BCUT2D eigenvalue weighted by Gasteiger charge is 2.39. The number of fused-ring (bicyclic) bond motifs is 1. The summed E-state index contributed by atoms with van der Waals surface area (Å²) in [5.74, 6) is -0.961. The Balaban J connectivity index is 1.75. The molecular formula is C20H21N3O4. The Labute approximate surface area is 157 Å². The molecule has 0 saturated carbocycles. The third kappa shape index (κ3) is 3.76. The van der Waals surface area contributed by atoms with Crippen molar-refractivity contribution in [3.05, 3.63) is 54.1 Å². The third-order valence-corrected chi connectivity index (χ3v) is 4.31. The Hall–Kier alpha value is -3.35. The number of hydrogen-bond donors (Lipinski definition) is 2. The summed E-state index contributed by atoms with van der Waals surface area (Å²) in [6.45, 7) is 3.45. The van der Waals surface area contributed by atoms with E-state index in [4.69, 9.17) is 0 Å². The van der Waals surface area contributed by atoms with Crippen molar-refractivity contribution in [3.63, 3.8) is 0 Å². The zero-order chi connectivity index (χ0) is 19.6. The molecule has 0 spiro atoms. The predicted molar refractivity (Wildman–Crippen MR) is 103 cm³/mol. The summed E-state index contributed by atoms with van der Waals surface area (Å²) >= 11 is 0. The van der Waals surface area contributed by atoms with Crippen molar-refractivity contribution in [2.75, 3.05) is 29.2 Å². The van der Waals surface area contributed by atoms with Crippen LogP contribution in [0.2, 0.25) is 0 Å². The van der Waals surface area contributed by atoms with E-state index in [1.807, 2.05) is 18.2 Å². The normalized spacial score (nSPS) is 14.8. The Morgan fingerprint density at radius 3 is 2.44 bits per heavy atom. The van der Waals surface area contributed by atoms with Crippen LogP contribution in [-0.2, 0) is 14.3 Å². The summed E-state index contributed by atoms with van der Waals surface area (Å²) in [4.78, 5) is 38.2. The average molecular weight is 367 g/mol. The van der Waals surface area contributed by atoms with Crippen LogP contribution in [0.4, 0.5) is 17.1 Å². The Morgan fingerprint density at radius 2 is 1.78 bits per heavy atom. The largest absolute Gasteiger partial charge is 0.465 e. The number of carbonyl (C=O) groups excluding carboxylic acids is 3. The highest BCUT2D eigenvalue weighted by Crippen LogP contribution is 2.34. The lowest BCUT2D eigenvalue weighted by atomic mass is 9.98. The fourth-order valence-electron chi connectivity index (χ4n) is 2.96. The van der Waals surface area contributed by atoms with Gasteiger partial charge >= 0.3 is 5.97 Å². The molecule has 1 heterocycles. The number of methoxy groups -OCH3 is 1. The summed E-state index contributed by atoms with van der Waals surface area (Å²) in [6, 6.07) is 13.7. The number of benzene rings is 2. The summed E-state index contributed by atoms with van der Waals surface area (Å²) in [7, 11) is 1.31. The van der Waals surface area contributed by atoms with E-state index in [-0.39, 0.29) is 18.4 Å². The quantitative estimate of drug-likeness (QED) is 0.811. The van der Waals surface area contributed by atoms with Crippen LogP contribution < -0.4 is 15.5 Å². The second-order valence-corrected chi connectivity index (χ2v) is 6.78. The fraction of sp³-hybridized carbons (Fsp3) is 0.250. The van der Waals surface area contributed by atoms with Gasteiger partial charge < -0.3 is 15.4 Å². The average Bonchev–Trinajstić information content (AvgIpc) is 2.65. The van der Waals surface area contributed by atoms with Crippen LogP contribution in [0.3, 0.4) is 0 Å². The first-order valence-corrected chi connectivity index (χ1v) is 8.49. The summed E-state index contributed by atoms with van der Waals surface area (Å²) < 4.78 is 4.65. The molecule has 140 valence electrons. The minimum absolute atomic E-state index is 0.111. The number of esters is 1. The number of rotatable bonds is 4. The number of hydrogen-bond acceptors (Lipinski definition) is 5. The van der Waals surface area contributed by atoms with Crippen LogP contribution in [0, 0.1) is 0 Å². The van der Waals surface area contributed by atoms with Gasteiger partial charge in [-0.2, -0.15) is 0 Å². The maximum absolute atomic E-state index is 12.8. The first-order chi connectivity index (χ1) is 12.8. The van der Waals surface area contributed by atoms with Crippen molar-refractivity contribution in [1.29, 1.82) is 0 Å². The molecule has 0 saturated heterocycles. The SMILES string of the molecule is COC(=O)c1ccc(NC(=O)CN2C(=O)C(C)(C)Nc3ccccc32)cc1. The highest BCUT2D eigenvalue weighted by molar-refractivity contribution is 6.11. The number of para-hydroxylation sites is 2. The molecule has 0 atom stereocenters. The van der Waals surface area contributed by atoms with Gasteiger partial charge in [0.15, 0.2) is 0 Å². The molecule has 0 radical (unpaired) electrons. The lowest BCUT2D eigenvalue weighted by Gasteiger charge is -2.39. The van der Waals surface area contributed by atoms with Crippen molar-refractivity contribution in [3.8, 4) is 0 Å². The van der Waals surface area contributed by atoms with E-state index in [2.05, 4.69) is 15.4 Å². The molecule has 2 N–H and O–H groups in total. The lowest BCUT2D eigenvalue weighted by Crippen LogP contribution is -2.55. The van der Waals surface area contributed by atoms with E-state index >= 15 is 0 Å². The summed E-state index contributed by atoms with van der Waals surface area (Å²) in [5.41, 5.74) is 1.58. The highest BCUT2D eigenvalue weighted by atomic mass is 16.5. The molecule has 7 nitrogen and oxygen atoms in total. The van der Waals surface area contributed by atoms with Crippen LogP contribution in [0.1, 0.15) is 24.2 Å². The van der Waals surface area contributed by atoms with Crippen LogP contribution in [-0.4, -0.2) is 37.0 Å². The van der Waals surface area contributed by atoms with Crippen molar-refractivity contribution < 1.29 is 19.1 Å². The van der Waals surface area contributed by atoms with Crippen molar-refractivity contribution in [1.82, 2.24) is 0 Å². The third-order valence-electron chi connectivity index (χ3n) is 4.31. The summed E-state index contributed by atoms with van der Waals surface area (Å²) in [6.07, 6.45) is 0. The van der Waals surface area contributed by atoms with Crippen LogP contribution in [0.15, 0.2) is 48.5 Å². The first kappa shape index (κ1) is 18.4. The van der Waals surface area contributed by atoms with Gasteiger partial charge in [0.25, 0.3) is 5.91 Å². The minimum Gasteiger partial charge on any atom is -0.465 e. The van der Waals surface area contributed by atoms with Crippen LogP contribution >= 0.6 is 0 Å². The van der Waals surface area contributed by atoms with Crippen LogP contribution in [0.25, 0.3) is 0 Å². The summed E-state index contributed by atoms with van der Waals surface area (Å²) in [5, 5.41) is 5.94. The van der Waals surface area contributed by atoms with Crippen molar-refractivity contribution in [2.45, 2.75) is 19.4 Å². The zero-order valence-electron chi connectivity index (χ0n) is 15.4. The van der Waals surface area contributed by atoms with Gasteiger partial charge in [0, 0.05) is 5.69 Å². The predicted octanol–water partition coefficient (Wildman–Crippen LogP) is 2.65. The molecule has 0 fully saturated rings. The zero-order valence-corrected chi connectivity index (χ0v) is 15.4. The number of anilines is 3. The van der Waals surface area contributed by atoms with Crippen molar-refractivity contribution in [2.24, 2.45) is 0 Å². The molecule has 1 aliphatic heterocycles. The van der Waals surface area contributed by atoms with Gasteiger partial charge in [-0.1, -0.05) is 12.1 Å². The molecule has 1 aliphatic rings. The maximum atomic E-state index is 12.8. The minimum atomic E-state index is -0.809. The number of nitrogens with zero attached hydrogens (tertiary/aromatic N) is 1. The van der Waals surface area contributed by atoms with Gasteiger partial charge in [-0.15, -0.1) is 0 Å². The molecule has 0 aromatic heterocycles. The van der Waals surface area contributed by atoms with E-state index in [9.17, 15) is 14.4 Å². The number of ether oxygens (including phenoxy) is 1. The van der Waals surface area contributed by atoms with Crippen molar-refractivity contribution >= 4 is 34.8 Å². The van der Waals surface area contributed by atoms with Gasteiger partial charge in [0.1, 0.15) is 12.1 Å². The molecule has 7 heteroatoms. The Kier molecular flexibility index (Phi) is 4.85. The Bertz CT molecular complexity index is 890. The van der Waals surface area contributed by atoms with Gasteiger partial charge in [0.2, 0.25) is 5.91 Å². The molecule has 2 amide bonds. The fourth-order valence-corrected chi connectivity index (χ4v) is 2.96. The standard InChI is InChI=1S/C20H21N3O4/c1-20(2)19(26)23(16-7-5-4-6-15(16)22-20)12-17(24)21-14-10-8-13(9-11-14)18(25)27-3/h4-11,22H,12H2,1-3H3,(H,21,24). The number of nitrogens with one attached hydrogen (secondary N) is 2. The van der Waals surface area contributed by atoms with E-state index in [1.165, 1.54) is 12.0 Å². The van der Waals surface area contributed by atoms with E-state index < -0.39 is 11.5 Å². The second-order valence-electron chi connectivity index (χ2n) is 6.78. The second kappa shape index (κ2) is 7.11.